The zero-order valence-corrected chi connectivity index (χ0v) is 11.4. The van der Waals surface area contributed by atoms with Gasteiger partial charge in [-0.25, -0.2) is 5.06 Å². The molecule has 1 aromatic rings. The summed E-state index contributed by atoms with van der Waals surface area (Å²) in [5.41, 5.74) is -0.893. The Morgan fingerprint density at radius 2 is 1.95 bits per heavy atom. The van der Waals surface area contributed by atoms with Crippen LogP contribution in [0.4, 0.5) is 13.2 Å². The quantitative estimate of drug-likeness (QED) is 0.683. The fourth-order valence-corrected chi connectivity index (χ4v) is 2.71. The van der Waals surface area contributed by atoms with Gasteiger partial charge in [0.2, 0.25) is 0 Å². The third-order valence-electron chi connectivity index (χ3n) is 3.85. The summed E-state index contributed by atoms with van der Waals surface area (Å²) in [5, 5.41) is 10.2. The van der Waals surface area contributed by atoms with Gasteiger partial charge in [0.15, 0.2) is 0 Å². The van der Waals surface area contributed by atoms with Crippen molar-refractivity contribution in [3.8, 4) is 0 Å². The van der Waals surface area contributed by atoms with Crippen LogP contribution in [0, 0.1) is 5.41 Å². The average Bonchev–Trinajstić information content (AvgIpc) is 2.68. The van der Waals surface area contributed by atoms with E-state index in [1.165, 1.54) is 12.1 Å². The van der Waals surface area contributed by atoms with Crippen molar-refractivity contribution in [1.82, 2.24) is 5.06 Å². The highest BCUT2D eigenvalue weighted by atomic mass is 19.4. The third kappa shape index (κ3) is 3.10. The number of carbonyl (C=O) groups excluding carboxylic acids is 1. The predicted octanol–water partition coefficient (Wildman–Crippen LogP) is 3.43. The van der Waals surface area contributed by atoms with Gasteiger partial charge in [-0.3, -0.25) is 10.0 Å². The number of rotatable bonds is 4. The maximum Gasteiger partial charge on any atom is 0.416 e. The van der Waals surface area contributed by atoms with Crippen LogP contribution in [0.1, 0.15) is 24.0 Å². The molecule has 2 rings (SSSR count). The van der Waals surface area contributed by atoms with E-state index in [9.17, 15) is 23.2 Å². The van der Waals surface area contributed by atoms with Gasteiger partial charge in [0, 0.05) is 6.54 Å². The molecule has 1 heterocycles. The molecule has 1 N–H and O–H groups in total. The molecule has 0 aliphatic carbocycles. The van der Waals surface area contributed by atoms with E-state index in [2.05, 4.69) is 6.58 Å². The summed E-state index contributed by atoms with van der Waals surface area (Å²) in [6.07, 6.45) is -1.66. The van der Waals surface area contributed by atoms with E-state index in [1.807, 2.05) is 0 Å². The number of allylic oxidation sites excluding steroid dienone is 1. The van der Waals surface area contributed by atoms with E-state index >= 15 is 0 Å². The number of hydroxylamine groups is 2. The molecular formula is C15H16F3NO2. The summed E-state index contributed by atoms with van der Waals surface area (Å²) in [7, 11) is 0. The van der Waals surface area contributed by atoms with Crippen molar-refractivity contribution in [2.75, 3.05) is 6.54 Å². The van der Waals surface area contributed by atoms with Crippen molar-refractivity contribution in [1.29, 1.82) is 0 Å². The first-order valence-corrected chi connectivity index (χ1v) is 6.56. The van der Waals surface area contributed by atoms with Crippen LogP contribution in [-0.2, 0) is 17.4 Å². The standard InChI is InChI=1S/C15H16F3NO2/c1-2-7-14(8-9-19(21)13(14)20)10-11-3-5-12(6-4-11)15(16,17)18/h2-6,21H,1,7-10H2. The van der Waals surface area contributed by atoms with E-state index in [-0.39, 0.29) is 13.0 Å². The minimum Gasteiger partial charge on any atom is -0.286 e. The van der Waals surface area contributed by atoms with Gasteiger partial charge < -0.3 is 0 Å². The Hall–Kier alpha value is -1.82. The molecule has 21 heavy (non-hydrogen) atoms. The molecule has 0 saturated carbocycles. The Bertz CT molecular complexity index is 539. The first-order valence-electron chi connectivity index (χ1n) is 6.56. The van der Waals surface area contributed by atoms with Crippen molar-refractivity contribution in [2.24, 2.45) is 5.41 Å². The Kier molecular flexibility index (Phi) is 4.09. The van der Waals surface area contributed by atoms with Crippen molar-refractivity contribution in [3.05, 3.63) is 48.0 Å². The maximum atomic E-state index is 12.5. The molecule has 1 aliphatic heterocycles. The normalized spacial score (nSPS) is 22.7. The summed E-state index contributed by atoms with van der Waals surface area (Å²) in [6, 6.07) is 4.77. The smallest absolute Gasteiger partial charge is 0.286 e. The molecule has 1 fully saturated rings. The molecule has 6 heteroatoms. The van der Waals surface area contributed by atoms with Gasteiger partial charge in [0.25, 0.3) is 5.91 Å². The predicted molar refractivity (Wildman–Crippen MR) is 70.5 cm³/mol. The molecular weight excluding hydrogens is 283 g/mol. The van der Waals surface area contributed by atoms with Gasteiger partial charge >= 0.3 is 6.18 Å². The van der Waals surface area contributed by atoms with Crippen LogP contribution in [0.15, 0.2) is 36.9 Å². The average molecular weight is 299 g/mol. The summed E-state index contributed by atoms with van der Waals surface area (Å²) in [5.74, 6) is -0.401. The molecule has 1 aromatic carbocycles. The number of hydrogen-bond donors (Lipinski definition) is 1. The van der Waals surface area contributed by atoms with Crippen LogP contribution < -0.4 is 0 Å². The van der Waals surface area contributed by atoms with E-state index in [0.717, 1.165) is 12.1 Å². The molecule has 0 aromatic heterocycles. The van der Waals surface area contributed by atoms with Crippen LogP contribution in [-0.4, -0.2) is 22.7 Å². The molecule has 3 nitrogen and oxygen atoms in total. The first kappa shape index (κ1) is 15.6. The Morgan fingerprint density at radius 1 is 1.33 bits per heavy atom. The van der Waals surface area contributed by atoms with Crippen molar-refractivity contribution in [2.45, 2.75) is 25.4 Å². The molecule has 1 saturated heterocycles. The lowest BCUT2D eigenvalue weighted by atomic mass is 9.77. The highest BCUT2D eigenvalue weighted by molar-refractivity contribution is 5.84. The largest absolute Gasteiger partial charge is 0.416 e. The molecule has 0 radical (unpaired) electrons. The van der Waals surface area contributed by atoms with Crippen molar-refractivity contribution >= 4 is 5.91 Å². The second-order valence-corrected chi connectivity index (χ2v) is 5.32. The van der Waals surface area contributed by atoms with Gasteiger partial charge in [0.1, 0.15) is 0 Å². The Labute approximate surface area is 120 Å². The number of nitrogens with zero attached hydrogens (tertiary/aromatic N) is 1. The molecule has 1 atom stereocenters. The second-order valence-electron chi connectivity index (χ2n) is 5.32. The van der Waals surface area contributed by atoms with Crippen LogP contribution >= 0.6 is 0 Å². The lowest BCUT2D eigenvalue weighted by Crippen LogP contribution is -2.34. The Morgan fingerprint density at radius 3 is 2.38 bits per heavy atom. The number of halogens is 3. The monoisotopic (exact) mass is 299 g/mol. The number of benzene rings is 1. The van der Waals surface area contributed by atoms with Crippen LogP contribution in [0.25, 0.3) is 0 Å². The Balaban J connectivity index is 2.22. The minimum absolute atomic E-state index is 0.229. The summed E-state index contributed by atoms with van der Waals surface area (Å²) in [4.78, 5) is 12.1. The van der Waals surface area contributed by atoms with Crippen LogP contribution in [0.2, 0.25) is 0 Å². The van der Waals surface area contributed by atoms with Gasteiger partial charge in [-0.2, -0.15) is 13.2 Å². The van der Waals surface area contributed by atoms with Crippen molar-refractivity contribution in [3.63, 3.8) is 0 Å². The van der Waals surface area contributed by atoms with Gasteiger partial charge in [0.05, 0.1) is 11.0 Å². The van der Waals surface area contributed by atoms with Crippen LogP contribution in [0.3, 0.4) is 0 Å². The topological polar surface area (TPSA) is 40.5 Å². The lowest BCUT2D eigenvalue weighted by Gasteiger charge is -2.25. The summed E-state index contributed by atoms with van der Waals surface area (Å²) in [6.45, 7) is 3.85. The van der Waals surface area contributed by atoms with Crippen molar-refractivity contribution < 1.29 is 23.2 Å². The SMILES string of the molecule is C=CCC1(Cc2ccc(C(F)(F)F)cc2)CCN(O)C1=O. The zero-order chi connectivity index (χ0) is 15.7. The fraction of sp³-hybridized carbons (Fsp3) is 0.400. The van der Waals surface area contributed by atoms with E-state index in [0.29, 0.717) is 23.5 Å². The minimum atomic E-state index is -4.37. The van der Waals surface area contributed by atoms with Crippen LogP contribution in [0.5, 0.6) is 0 Å². The highest BCUT2D eigenvalue weighted by Crippen LogP contribution is 2.39. The first-order chi connectivity index (χ1) is 9.78. The van der Waals surface area contributed by atoms with E-state index in [4.69, 9.17) is 0 Å². The second kappa shape index (κ2) is 5.52. The molecule has 0 spiro atoms. The highest BCUT2D eigenvalue weighted by Gasteiger charge is 2.45. The van der Waals surface area contributed by atoms with E-state index < -0.39 is 23.1 Å². The van der Waals surface area contributed by atoms with E-state index in [1.54, 1.807) is 6.08 Å². The summed E-state index contributed by atoms with van der Waals surface area (Å²) < 4.78 is 37.6. The number of alkyl halides is 3. The number of carbonyl (C=O) groups is 1. The molecule has 1 aliphatic rings. The number of hydrogen-bond acceptors (Lipinski definition) is 2. The van der Waals surface area contributed by atoms with Gasteiger partial charge in [-0.1, -0.05) is 18.2 Å². The van der Waals surface area contributed by atoms with Gasteiger partial charge in [-0.15, -0.1) is 6.58 Å². The summed E-state index contributed by atoms with van der Waals surface area (Å²) >= 11 is 0. The fourth-order valence-electron chi connectivity index (χ4n) is 2.71. The lowest BCUT2D eigenvalue weighted by molar-refractivity contribution is -0.164. The molecule has 1 amide bonds. The van der Waals surface area contributed by atoms with Gasteiger partial charge in [-0.05, 0) is 37.0 Å². The maximum absolute atomic E-state index is 12.5. The molecule has 114 valence electrons. The molecule has 0 bridgehead atoms. The number of amides is 1. The third-order valence-corrected chi connectivity index (χ3v) is 3.85. The molecule has 1 unspecified atom stereocenters. The zero-order valence-electron chi connectivity index (χ0n) is 11.4.